The van der Waals surface area contributed by atoms with Crippen molar-refractivity contribution in [2.24, 2.45) is 0 Å². The number of carbonyl (C=O) groups excluding carboxylic acids is 2. The van der Waals surface area contributed by atoms with Crippen molar-refractivity contribution in [1.29, 1.82) is 0 Å². The summed E-state index contributed by atoms with van der Waals surface area (Å²) in [6.07, 6.45) is 0. The van der Waals surface area contributed by atoms with Crippen molar-refractivity contribution in [3.63, 3.8) is 0 Å². The van der Waals surface area contributed by atoms with Gasteiger partial charge in [-0.25, -0.2) is 4.98 Å². The Bertz CT molecular complexity index is 806. The number of pyridine rings is 1. The van der Waals surface area contributed by atoms with Crippen LogP contribution < -0.4 is 15.0 Å². The van der Waals surface area contributed by atoms with Crippen molar-refractivity contribution in [3.05, 3.63) is 46.6 Å². The molecule has 0 fully saturated rings. The van der Waals surface area contributed by atoms with Crippen molar-refractivity contribution in [1.82, 2.24) is 4.98 Å². The number of rotatable bonds is 4. The van der Waals surface area contributed by atoms with E-state index < -0.39 is 0 Å². The summed E-state index contributed by atoms with van der Waals surface area (Å²) in [5.74, 6) is 0.660. The van der Waals surface area contributed by atoms with Gasteiger partial charge in [0.05, 0.1) is 0 Å². The minimum Gasteiger partial charge on any atom is -0.480 e. The Morgan fingerprint density at radius 2 is 2.00 bits per heavy atom. The third-order valence-corrected chi connectivity index (χ3v) is 4.32. The summed E-state index contributed by atoms with van der Waals surface area (Å²) in [5, 5.41) is 2.81. The smallest absolute Gasteiger partial charge is 0.266 e. The molecule has 0 unspecified atom stereocenters. The molecule has 6 nitrogen and oxygen atoms in total. The molecule has 2 amide bonds. The average molecular weight is 404 g/mol. The number of benzene rings is 1. The largest absolute Gasteiger partial charge is 0.480 e. The second-order valence-corrected chi connectivity index (χ2v) is 6.86. The number of anilines is 2. The van der Waals surface area contributed by atoms with Crippen LogP contribution >= 0.6 is 15.9 Å². The number of hydrogen-bond acceptors (Lipinski definition) is 4. The Kier molecular flexibility index (Phi) is 5.03. The normalized spacial score (nSPS) is 13.4. The predicted molar refractivity (Wildman–Crippen MR) is 98.9 cm³/mol. The summed E-state index contributed by atoms with van der Waals surface area (Å²) in [6, 6.07) is 11.1. The molecule has 2 heterocycles. The molecule has 1 aromatic heterocycles. The van der Waals surface area contributed by atoms with Crippen molar-refractivity contribution < 1.29 is 14.3 Å². The molecule has 1 aliphatic heterocycles. The van der Waals surface area contributed by atoms with Crippen LogP contribution in [-0.2, 0) is 9.59 Å². The van der Waals surface area contributed by atoms with Crippen molar-refractivity contribution >= 4 is 39.2 Å². The number of fused-ring (bicyclic) bond motifs is 1. The molecule has 130 valence electrons. The van der Waals surface area contributed by atoms with Gasteiger partial charge in [-0.3, -0.25) is 14.5 Å². The summed E-state index contributed by atoms with van der Waals surface area (Å²) < 4.78 is 5.92. The molecule has 2 aromatic rings. The van der Waals surface area contributed by atoms with E-state index >= 15 is 0 Å². The number of halogens is 1. The zero-order valence-electron chi connectivity index (χ0n) is 14.0. The number of carbonyl (C=O) groups is 2. The first-order chi connectivity index (χ1) is 11.9. The average Bonchev–Trinajstić information content (AvgIpc) is 2.58. The Labute approximate surface area is 154 Å². The van der Waals surface area contributed by atoms with Crippen LogP contribution in [0.5, 0.6) is 5.75 Å². The molecule has 0 spiro atoms. The maximum absolute atomic E-state index is 12.4. The lowest BCUT2D eigenvalue weighted by molar-refractivity contribution is -0.123. The van der Waals surface area contributed by atoms with Crippen LogP contribution in [-0.4, -0.2) is 29.9 Å². The lowest BCUT2D eigenvalue weighted by Gasteiger charge is -2.27. The Balaban J connectivity index is 1.72. The van der Waals surface area contributed by atoms with Crippen LogP contribution in [0, 0.1) is 0 Å². The summed E-state index contributed by atoms with van der Waals surface area (Å²) in [6.45, 7) is 4.00. The lowest BCUT2D eigenvalue weighted by Crippen LogP contribution is -2.44. The van der Waals surface area contributed by atoms with Gasteiger partial charge in [0.15, 0.2) is 18.2 Å². The van der Waals surface area contributed by atoms with Crippen LogP contribution in [0.3, 0.4) is 0 Å². The molecule has 0 radical (unpaired) electrons. The zero-order chi connectivity index (χ0) is 18.0. The first-order valence-corrected chi connectivity index (χ1v) is 8.73. The van der Waals surface area contributed by atoms with E-state index in [1.165, 1.54) is 10.5 Å². The van der Waals surface area contributed by atoms with E-state index in [1.54, 1.807) is 12.1 Å². The summed E-state index contributed by atoms with van der Waals surface area (Å²) in [7, 11) is 0. The van der Waals surface area contributed by atoms with E-state index in [-0.39, 0.29) is 25.0 Å². The van der Waals surface area contributed by atoms with Crippen LogP contribution in [0.15, 0.2) is 41.0 Å². The fourth-order valence-corrected chi connectivity index (χ4v) is 2.81. The maximum atomic E-state index is 12.4. The van der Waals surface area contributed by atoms with Crippen molar-refractivity contribution in [3.8, 4) is 5.75 Å². The monoisotopic (exact) mass is 403 g/mol. The van der Waals surface area contributed by atoms with Gasteiger partial charge < -0.3 is 10.1 Å². The SMILES string of the molecule is CC(C)c1ccc(NC(=O)CN2C(=O)COc3ccc(Br)nc32)cc1. The number of hydrogen-bond donors (Lipinski definition) is 1. The number of nitrogens with one attached hydrogen (secondary N) is 1. The molecule has 0 saturated heterocycles. The molecular formula is C18H18BrN3O3. The van der Waals surface area contributed by atoms with Gasteiger partial charge in [0, 0.05) is 5.69 Å². The van der Waals surface area contributed by atoms with Crippen LogP contribution in [0.4, 0.5) is 11.5 Å². The van der Waals surface area contributed by atoms with Gasteiger partial charge in [-0.05, 0) is 51.7 Å². The molecule has 1 N–H and O–H groups in total. The van der Waals surface area contributed by atoms with Gasteiger partial charge >= 0.3 is 0 Å². The second-order valence-electron chi connectivity index (χ2n) is 6.05. The highest BCUT2D eigenvalue weighted by atomic mass is 79.9. The number of aromatic nitrogens is 1. The number of amides is 2. The third kappa shape index (κ3) is 3.99. The van der Waals surface area contributed by atoms with Gasteiger partial charge in [0.1, 0.15) is 11.1 Å². The topological polar surface area (TPSA) is 71.5 Å². The molecule has 0 saturated carbocycles. The van der Waals surface area contributed by atoms with Crippen LogP contribution in [0.2, 0.25) is 0 Å². The molecule has 0 atom stereocenters. The fraction of sp³-hybridized carbons (Fsp3) is 0.278. The first kappa shape index (κ1) is 17.4. The number of nitrogens with zero attached hydrogens (tertiary/aromatic N) is 2. The van der Waals surface area contributed by atoms with Gasteiger partial charge in [-0.2, -0.15) is 0 Å². The predicted octanol–water partition coefficient (Wildman–Crippen LogP) is 3.33. The molecule has 0 bridgehead atoms. The highest BCUT2D eigenvalue weighted by Crippen LogP contribution is 2.31. The van der Waals surface area contributed by atoms with E-state index in [9.17, 15) is 9.59 Å². The quantitative estimate of drug-likeness (QED) is 0.794. The number of ether oxygens (including phenoxy) is 1. The molecule has 25 heavy (non-hydrogen) atoms. The molecule has 0 aliphatic carbocycles. The standard InChI is InChI=1S/C18H18BrN3O3/c1-11(2)12-3-5-13(6-4-12)20-16(23)9-22-17(24)10-25-14-7-8-15(19)21-18(14)22/h3-8,11H,9-10H2,1-2H3,(H,20,23). The maximum Gasteiger partial charge on any atom is 0.266 e. The van der Waals surface area contributed by atoms with E-state index in [1.807, 2.05) is 24.3 Å². The van der Waals surface area contributed by atoms with Gasteiger partial charge in [-0.15, -0.1) is 0 Å². The van der Waals surface area contributed by atoms with Crippen molar-refractivity contribution in [2.45, 2.75) is 19.8 Å². The van der Waals surface area contributed by atoms with E-state index in [0.29, 0.717) is 27.8 Å². The van der Waals surface area contributed by atoms with E-state index in [2.05, 4.69) is 40.1 Å². The third-order valence-electron chi connectivity index (χ3n) is 3.88. The molecular weight excluding hydrogens is 386 g/mol. The summed E-state index contributed by atoms with van der Waals surface area (Å²) in [5.41, 5.74) is 1.89. The minimum atomic E-state index is -0.302. The molecule has 7 heteroatoms. The van der Waals surface area contributed by atoms with E-state index in [0.717, 1.165) is 0 Å². The van der Waals surface area contributed by atoms with Gasteiger partial charge in [0.25, 0.3) is 5.91 Å². The van der Waals surface area contributed by atoms with Crippen LogP contribution in [0.1, 0.15) is 25.3 Å². The summed E-state index contributed by atoms with van der Waals surface area (Å²) >= 11 is 3.27. The Hall–Kier alpha value is -2.41. The fourth-order valence-electron chi connectivity index (χ4n) is 2.51. The van der Waals surface area contributed by atoms with E-state index in [4.69, 9.17) is 4.74 Å². The molecule has 1 aliphatic rings. The molecule has 3 rings (SSSR count). The minimum absolute atomic E-state index is 0.104. The Morgan fingerprint density at radius 1 is 1.28 bits per heavy atom. The highest BCUT2D eigenvalue weighted by Gasteiger charge is 2.28. The summed E-state index contributed by atoms with van der Waals surface area (Å²) in [4.78, 5) is 30.1. The van der Waals surface area contributed by atoms with Gasteiger partial charge in [0.2, 0.25) is 5.91 Å². The Morgan fingerprint density at radius 3 is 2.68 bits per heavy atom. The van der Waals surface area contributed by atoms with Gasteiger partial charge in [-0.1, -0.05) is 26.0 Å². The van der Waals surface area contributed by atoms with Crippen molar-refractivity contribution in [2.75, 3.05) is 23.4 Å². The highest BCUT2D eigenvalue weighted by molar-refractivity contribution is 9.10. The lowest BCUT2D eigenvalue weighted by atomic mass is 10.0. The van der Waals surface area contributed by atoms with Crippen LogP contribution in [0.25, 0.3) is 0 Å². The zero-order valence-corrected chi connectivity index (χ0v) is 15.5. The molecule has 1 aromatic carbocycles. The second kappa shape index (κ2) is 7.23. The first-order valence-electron chi connectivity index (χ1n) is 7.93.